The summed E-state index contributed by atoms with van der Waals surface area (Å²) in [5.41, 5.74) is 0. The Balaban J connectivity index is 0.00000312. The Morgan fingerprint density at radius 1 is 1.12 bits per heavy atom. The van der Waals surface area contributed by atoms with Crippen LogP contribution in [-0.4, -0.2) is 80.3 Å². The zero-order valence-electron chi connectivity index (χ0n) is 14.9. The predicted octanol–water partition coefficient (Wildman–Crippen LogP) is 2.28. The molecule has 2 fully saturated rings. The second-order valence-electron chi connectivity index (χ2n) is 6.64. The van der Waals surface area contributed by atoms with Gasteiger partial charge in [0.2, 0.25) is 0 Å². The van der Waals surface area contributed by atoms with Gasteiger partial charge in [-0.2, -0.15) is 13.2 Å². The van der Waals surface area contributed by atoms with E-state index >= 15 is 0 Å². The van der Waals surface area contributed by atoms with E-state index in [1.54, 1.807) is 0 Å². The smallest absolute Gasteiger partial charge is 0.357 e. The number of hydrogen-bond acceptors (Lipinski definition) is 3. The molecule has 2 aliphatic heterocycles. The summed E-state index contributed by atoms with van der Waals surface area (Å²) in [5.74, 6) is 0.716. The largest absolute Gasteiger partial charge is 0.401 e. The van der Waals surface area contributed by atoms with E-state index in [4.69, 9.17) is 0 Å². The second-order valence-corrected chi connectivity index (χ2v) is 6.64. The summed E-state index contributed by atoms with van der Waals surface area (Å²) < 4.78 is 37.4. The van der Waals surface area contributed by atoms with Gasteiger partial charge in [0.25, 0.3) is 0 Å². The summed E-state index contributed by atoms with van der Waals surface area (Å²) in [4.78, 5) is 8.46. The van der Waals surface area contributed by atoms with Crippen LogP contribution in [-0.2, 0) is 0 Å². The predicted molar refractivity (Wildman–Crippen MR) is 106 cm³/mol. The zero-order chi connectivity index (χ0) is 17.4. The Kier molecular flexibility index (Phi) is 10.4. The van der Waals surface area contributed by atoms with Crippen LogP contribution in [0.1, 0.15) is 32.6 Å². The zero-order valence-corrected chi connectivity index (χ0v) is 17.3. The molecule has 2 heterocycles. The minimum Gasteiger partial charge on any atom is -0.357 e. The maximum atomic E-state index is 12.5. The summed E-state index contributed by atoms with van der Waals surface area (Å²) in [7, 11) is 0. The average molecular weight is 477 g/mol. The van der Waals surface area contributed by atoms with E-state index in [1.165, 1.54) is 24.2 Å². The Morgan fingerprint density at radius 2 is 1.84 bits per heavy atom. The lowest BCUT2D eigenvalue weighted by Crippen LogP contribution is -2.45. The molecule has 0 aromatic carbocycles. The van der Waals surface area contributed by atoms with Crippen molar-refractivity contribution in [1.82, 2.24) is 20.4 Å². The summed E-state index contributed by atoms with van der Waals surface area (Å²) in [6.45, 7) is 6.76. The van der Waals surface area contributed by atoms with Crippen molar-refractivity contribution in [2.75, 3.05) is 52.4 Å². The van der Waals surface area contributed by atoms with Crippen molar-refractivity contribution in [1.29, 1.82) is 0 Å². The number of likely N-dealkylation sites (tertiary alicyclic amines) is 2. The molecule has 5 nitrogen and oxygen atoms in total. The molecule has 2 saturated heterocycles. The normalized spacial score (nSPS) is 23.4. The van der Waals surface area contributed by atoms with E-state index in [0.29, 0.717) is 32.0 Å². The number of rotatable bonds is 6. The molecule has 1 unspecified atom stereocenters. The lowest BCUT2D eigenvalue weighted by atomic mass is 10.1. The molecule has 0 aliphatic carbocycles. The monoisotopic (exact) mass is 477 g/mol. The average Bonchev–Trinajstić information content (AvgIpc) is 2.93. The first-order chi connectivity index (χ1) is 11.5. The number of nitrogens with one attached hydrogen (secondary N) is 2. The van der Waals surface area contributed by atoms with Crippen molar-refractivity contribution in [3.8, 4) is 0 Å². The lowest BCUT2D eigenvalue weighted by molar-refractivity contribution is -0.143. The van der Waals surface area contributed by atoms with Gasteiger partial charge in [-0.1, -0.05) is 6.42 Å². The van der Waals surface area contributed by atoms with E-state index < -0.39 is 12.7 Å². The highest BCUT2D eigenvalue weighted by atomic mass is 127. The maximum Gasteiger partial charge on any atom is 0.401 e. The van der Waals surface area contributed by atoms with Gasteiger partial charge in [-0.15, -0.1) is 24.0 Å². The van der Waals surface area contributed by atoms with Gasteiger partial charge < -0.3 is 15.5 Å². The molecule has 0 spiro atoms. The van der Waals surface area contributed by atoms with Crippen molar-refractivity contribution in [2.24, 2.45) is 4.99 Å². The van der Waals surface area contributed by atoms with Crippen molar-refractivity contribution in [3.05, 3.63) is 0 Å². The van der Waals surface area contributed by atoms with Gasteiger partial charge in [-0.25, -0.2) is 0 Å². The van der Waals surface area contributed by atoms with Crippen molar-refractivity contribution < 1.29 is 13.2 Å². The van der Waals surface area contributed by atoms with Gasteiger partial charge in [0.05, 0.1) is 13.1 Å². The van der Waals surface area contributed by atoms with E-state index in [9.17, 15) is 13.2 Å². The highest BCUT2D eigenvalue weighted by Crippen LogP contribution is 2.19. The maximum absolute atomic E-state index is 12.5. The number of hydrogen-bond donors (Lipinski definition) is 2. The van der Waals surface area contributed by atoms with Gasteiger partial charge in [-0.05, 0) is 39.3 Å². The number of aliphatic imine (C=N–C) groups is 1. The Bertz CT molecular complexity index is 400. The molecule has 9 heteroatoms. The molecule has 0 radical (unpaired) electrons. The van der Waals surface area contributed by atoms with Gasteiger partial charge >= 0.3 is 6.18 Å². The van der Waals surface area contributed by atoms with Crippen LogP contribution in [0.4, 0.5) is 13.2 Å². The fourth-order valence-corrected chi connectivity index (χ4v) is 3.35. The fraction of sp³-hybridized carbons (Fsp3) is 0.938. The number of halogens is 4. The lowest BCUT2D eigenvalue weighted by Gasteiger charge is -2.25. The molecular formula is C16H31F3IN5. The highest BCUT2D eigenvalue weighted by Gasteiger charge is 2.34. The number of piperidine rings is 1. The SMILES string of the molecule is CCNC(=NCCN1CCCCC1)NC1CCN(CC(F)(F)F)C1.I. The van der Waals surface area contributed by atoms with Gasteiger partial charge in [0.15, 0.2) is 5.96 Å². The van der Waals surface area contributed by atoms with Gasteiger partial charge in [0, 0.05) is 32.2 Å². The van der Waals surface area contributed by atoms with E-state index in [2.05, 4.69) is 20.5 Å². The van der Waals surface area contributed by atoms with Crippen molar-refractivity contribution in [3.63, 3.8) is 0 Å². The first-order valence-corrected chi connectivity index (χ1v) is 9.02. The van der Waals surface area contributed by atoms with Crippen LogP contribution in [0.15, 0.2) is 4.99 Å². The topological polar surface area (TPSA) is 42.9 Å². The molecule has 2 rings (SSSR count). The molecule has 25 heavy (non-hydrogen) atoms. The van der Waals surface area contributed by atoms with Crippen LogP contribution in [0.5, 0.6) is 0 Å². The quantitative estimate of drug-likeness (QED) is 0.350. The minimum atomic E-state index is -4.12. The van der Waals surface area contributed by atoms with Crippen LogP contribution in [0, 0.1) is 0 Å². The minimum absolute atomic E-state index is 0. The third kappa shape index (κ3) is 9.28. The Hall–Kier alpha value is -0.290. The van der Waals surface area contributed by atoms with Gasteiger partial charge in [-0.3, -0.25) is 9.89 Å². The van der Waals surface area contributed by atoms with Crippen molar-refractivity contribution in [2.45, 2.75) is 44.8 Å². The van der Waals surface area contributed by atoms with Gasteiger partial charge in [0.1, 0.15) is 0 Å². The number of nitrogens with zero attached hydrogens (tertiary/aromatic N) is 3. The molecule has 148 valence electrons. The third-order valence-corrected chi connectivity index (χ3v) is 4.50. The number of guanidine groups is 1. The Morgan fingerprint density at radius 3 is 2.48 bits per heavy atom. The summed E-state index contributed by atoms with van der Waals surface area (Å²) in [6, 6.07) is 0.0279. The molecule has 2 aliphatic rings. The molecule has 1 atom stereocenters. The molecule has 0 amide bonds. The van der Waals surface area contributed by atoms with Crippen LogP contribution in [0.3, 0.4) is 0 Å². The molecule has 0 aromatic rings. The summed E-state index contributed by atoms with van der Waals surface area (Å²) in [5, 5.41) is 6.47. The van der Waals surface area contributed by atoms with Crippen LogP contribution < -0.4 is 10.6 Å². The fourth-order valence-electron chi connectivity index (χ4n) is 3.35. The standard InChI is InChI=1S/C16H30F3N5.HI/c1-2-20-15(21-7-11-23-8-4-3-5-9-23)22-14-6-10-24(12-14)13-16(17,18)19;/h14H,2-13H2,1H3,(H2,20,21,22);1H. The molecule has 2 N–H and O–H groups in total. The van der Waals surface area contributed by atoms with E-state index in [1.807, 2.05) is 6.92 Å². The summed E-state index contributed by atoms with van der Waals surface area (Å²) in [6.07, 6.45) is 0.437. The molecule has 0 saturated carbocycles. The first-order valence-electron chi connectivity index (χ1n) is 9.02. The third-order valence-electron chi connectivity index (χ3n) is 4.50. The van der Waals surface area contributed by atoms with Crippen LogP contribution >= 0.6 is 24.0 Å². The summed E-state index contributed by atoms with van der Waals surface area (Å²) >= 11 is 0. The number of alkyl halides is 3. The van der Waals surface area contributed by atoms with Crippen LogP contribution in [0.25, 0.3) is 0 Å². The van der Waals surface area contributed by atoms with E-state index in [-0.39, 0.29) is 30.0 Å². The molecule has 0 bridgehead atoms. The molecular weight excluding hydrogens is 446 g/mol. The van der Waals surface area contributed by atoms with Crippen LogP contribution in [0.2, 0.25) is 0 Å². The first kappa shape index (κ1) is 22.8. The highest BCUT2D eigenvalue weighted by molar-refractivity contribution is 14.0. The van der Waals surface area contributed by atoms with Crippen molar-refractivity contribution >= 4 is 29.9 Å². The molecule has 0 aromatic heterocycles. The van der Waals surface area contributed by atoms with E-state index in [0.717, 1.165) is 26.2 Å². The Labute approximate surface area is 165 Å². The second kappa shape index (κ2) is 11.4.